The highest BCUT2D eigenvalue weighted by Gasteiger charge is 2.46. The minimum atomic E-state index is 0.126. The van der Waals surface area contributed by atoms with Gasteiger partial charge in [0.2, 0.25) is 0 Å². The van der Waals surface area contributed by atoms with E-state index in [1.165, 1.54) is 12.0 Å². The molecule has 0 amide bonds. The molecule has 2 aromatic heterocycles. The largest absolute Gasteiger partial charge is 0.377 e. The number of pyridine rings is 1. The molecule has 25 heavy (non-hydrogen) atoms. The fourth-order valence-electron chi connectivity index (χ4n) is 4.21. The molecule has 0 N–H and O–H groups in total. The summed E-state index contributed by atoms with van der Waals surface area (Å²) in [5, 5.41) is 4.42. The van der Waals surface area contributed by atoms with Crippen molar-refractivity contribution in [2.24, 2.45) is 5.41 Å². The third kappa shape index (κ3) is 4.11. The van der Waals surface area contributed by atoms with Crippen molar-refractivity contribution in [1.29, 1.82) is 0 Å². The molecule has 0 aliphatic carbocycles. The van der Waals surface area contributed by atoms with Crippen LogP contribution in [0.2, 0.25) is 0 Å². The van der Waals surface area contributed by atoms with Crippen LogP contribution in [0.25, 0.3) is 0 Å². The molecular weight excluding hydrogens is 332 g/mol. The zero-order valence-electron chi connectivity index (χ0n) is 14.6. The van der Waals surface area contributed by atoms with Gasteiger partial charge in [-0.3, -0.25) is 9.88 Å². The molecule has 4 rings (SSSR count). The maximum absolute atomic E-state index is 6.15. The summed E-state index contributed by atoms with van der Waals surface area (Å²) < 4.78 is 12.3. The predicted molar refractivity (Wildman–Crippen MR) is 99.5 cm³/mol. The van der Waals surface area contributed by atoms with Crippen molar-refractivity contribution in [3.8, 4) is 0 Å². The van der Waals surface area contributed by atoms with Crippen LogP contribution in [-0.4, -0.2) is 42.3 Å². The van der Waals surface area contributed by atoms with Crippen molar-refractivity contribution in [2.75, 3.05) is 26.3 Å². The van der Waals surface area contributed by atoms with Crippen LogP contribution in [0.3, 0.4) is 0 Å². The Kier molecular flexibility index (Phi) is 5.46. The zero-order valence-corrected chi connectivity index (χ0v) is 15.4. The van der Waals surface area contributed by atoms with E-state index in [1.807, 2.05) is 24.4 Å². The van der Waals surface area contributed by atoms with E-state index in [1.54, 1.807) is 11.3 Å². The summed E-state index contributed by atoms with van der Waals surface area (Å²) in [6, 6.07) is 8.21. The standard InChI is InChI=1S/C20H26N2O2S/c1-2-8-21-18(4-1)13-23-16-20-7-3-10-24-19(20)5-9-22(15-20)12-17-6-11-25-14-17/h1-2,4,6,8,11,14,19H,3,5,7,9-10,12-13,15-16H2/t19-,20-/m0/s1. The van der Waals surface area contributed by atoms with Gasteiger partial charge in [-0.2, -0.15) is 11.3 Å². The maximum Gasteiger partial charge on any atom is 0.0888 e. The lowest BCUT2D eigenvalue weighted by Crippen LogP contribution is -2.56. The van der Waals surface area contributed by atoms with Crippen LogP contribution in [0.5, 0.6) is 0 Å². The van der Waals surface area contributed by atoms with Gasteiger partial charge in [0, 0.05) is 37.9 Å². The van der Waals surface area contributed by atoms with E-state index in [9.17, 15) is 0 Å². The summed E-state index contributed by atoms with van der Waals surface area (Å²) in [6.45, 7) is 5.46. The highest BCUT2D eigenvalue weighted by Crippen LogP contribution is 2.41. The second kappa shape index (κ2) is 7.96. The lowest BCUT2D eigenvalue weighted by Gasteiger charge is -2.50. The summed E-state index contributed by atoms with van der Waals surface area (Å²) in [4.78, 5) is 6.94. The molecular formula is C20H26N2O2S. The van der Waals surface area contributed by atoms with E-state index >= 15 is 0 Å². The molecule has 0 saturated carbocycles. The van der Waals surface area contributed by atoms with Gasteiger partial charge >= 0.3 is 0 Å². The SMILES string of the molecule is c1ccc(COC[C@@]23CCCO[C@H]2CCN(Cc2ccsc2)C3)nc1. The molecule has 0 bridgehead atoms. The molecule has 0 unspecified atom stereocenters. The number of piperidine rings is 1. The molecule has 2 atom stereocenters. The third-order valence-corrected chi connectivity index (χ3v) is 6.15. The van der Waals surface area contributed by atoms with Crippen molar-refractivity contribution >= 4 is 11.3 Å². The third-order valence-electron chi connectivity index (χ3n) is 5.42. The first-order valence-corrected chi connectivity index (χ1v) is 10.1. The van der Waals surface area contributed by atoms with E-state index in [0.29, 0.717) is 12.7 Å². The predicted octanol–water partition coefficient (Wildman–Crippen LogP) is 3.73. The van der Waals surface area contributed by atoms with Crippen LogP contribution in [0, 0.1) is 5.41 Å². The van der Waals surface area contributed by atoms with Gasteiger partial charge < -0.3 is 9.47 Å². The van der Waals surface area contributed by atoms with Gasteiger partial charge in [-0.05, 0) is 53.8 Å². The molecule has 2 aromatic rings. The lowest BCUT2D eigenvalue weighted by atomic mass is 9.73. The number of fused-ring (bicyclic) bond motifs is 1. The highest BCUT2D eigenvalue weighted by molar-refractivity contribution is 7.07. The van der Waals surface area contributed by atoms with E-state index in [-0.39, 0.29) is 5.41 Å². The van der Waals surface area contributed by atoms with Gasteiger partial charge in [0.05, 0.1) is 25.0 Å². The number of hydrogen-bond acceptors (Lipinski definition) is 5. The van der Waals surface area contributed by atoms with Crippen molar-refractivity contribution in [2.45, 2.75) is 38.5 Å². The Balaban J connectivity index is 1.40. The van der Waals surface area contributed by atoms with Gasteiger partial charge in [-0.1, -0.05) is 6.07 Å². The molecule has 0 radical (unpaired) electrons. The van der Waals surface area contributed by atoms with E-state index in [4.69, 9.17) is 9.47 Å². The summed E-state index contributed by atoms with van der Waals surface area (Å²) in [7, 11) is 0. The Morgan fingerprint density at radius 3 is 3.20 bits per heavy atom. The first kappa shape index (κ1) is 17.2. The molecule has 0 spiro atoms. The number of hydrogen-bond donors (Lipinski definition) is 0. The fraction of sp³-hybridized carbons (Fsp3) is 0.550. The summed E-state index contributed by atoms with van der Waals surface area (Å²) in [5.74, 6) is 0. The van der Waals surface area contributed by atoms with Gasteiger partial charge in [0.1, 0.15) is 0 Å². The van der Waals surface area contributed by atoms with Crippen molar-refractivity contribution in [3.63, 3.8) is 0 Å². The lowest BCUT2D eigenvalue weighted by molar-refractivity contribution is -0.156. The van der Waals surface area contributed by atoms with Crippen LogP contribution in [0.1, 0.15) is 30.5 Å². The van der Waals surface area contributed by atoms with Gasteiger partial charge in [-0.25, -0.2) is 0 Å². The number of thiophene rings is 1. The summed E-state index contributed by atoms with van der Waals surface area (Å²) in [6.07, 6.45) is 5.60. The molecule has 2 fully saturated rings. The monoisotopic (exact) mass is 358 g/mol. The van der Waals surface area contributed by atoms with Crippen molar-refractivity contribution in [1.82, 2.24) is 9.88 Å². The van der Waals surface area contributed by atoms with Crippen LogP contribution < -0.4 is 0 Å². The number of aromatic nitrogens is 1. The van der Waals surface area contributed by atoms with E-state index < -0.39 is 0 Å². The first-order chi connectivity index (χ1) is 12.3. The maximum atomic E-state index is 6.15. The molecule has 2 saturated heterocycles. The molecule has 5 heteroatoms. The Hall–Kier alpha value is -1.27. The smallest absolute Gasteiger partial charge is 0.0888 e. The van der Waals surface area contributed by atoms with Crippen molar-refractivity contribution in [3.05, 3.63) is 52.5 Å². The van der Waals surface area contributed by atoms with Crippen LogP contribution in [0.15, 0.2) is 41.2 Å². The average molecular weight is 359 g/mol. The summed E-state index contributed by atoms with van der Waals surface area (Å²) in [5.41, 5.74) is 2.55. The Bertz CT molecular complexity index is 649. The normalized spacial score (nSPS) is 27.1. The van der Waals surface area contributed by atoms with Crippen LogP contribution in [0.4, 0.5) is 0 Å². The zero-order chi connectivity index (χ0) is 17.0. The number of nitrogens with zero attached hydrogens (tertiary/aromatic N) is 2. The topological polar surface area (TPSA) is 34.6 Å². The average Bonchev–Trinajstić information content (AvgIpc) is 3.15. The highest BCUT2D eigenvalue weighted by atomic mass is 32.1. The van der Waals surface area contributed by atoms with Crippen LogP contribution >= 0.6 is 11.3 Å². The van der Waals surface area contributed by atoms with E-state index in [0.717, 1.165) is 51.4 Å². The molecule has 2 aliphatic rings. The van der Waals surface area contributed by atoms with Crippen molar-refractivity contribution < 1.29 is 9.47 Å². The summed E-state index contributed by atoms with van der Waals surface area (Å²) >= 11 is 1.78. The fourth-order valence-corrected chi connectivity index (χ4v) is 4.87. The molecule has 4 nitrogen and oxygen atoms in total. The first-order valence-electron chi connectivity index (χ1n) is 9.17. The molecule has 134 valence electrons. The van der Waals surface area contributed by atoms with Gasteiger partial charge in [-0.15, -0.1) is 0 Å². The van der Waals surface area contributed by atoms with Gasteiger partial charge in [0.15, 0.2) is 0 Å². The molecule has 0 aromatic carbocycles. The minimum absolute atomic E-state index is 0.126. The minimum Gasteiger partial charge on any atom is -0.377 e. The number of rotatable bonds is 6. The van der Waals surface area contributed by atoms with E-state index in [2.05, 4.69) is 26.7 Å². The molecule has 2 aliphatic heterocycles. The Morgan fingerprint density at radius 1 is 1.36 bits per heavy atom. The quantitative estimate of drug-likeness (QED) is 0.788. The molecule has 4 heterocycles. The van der Waals surface area contributed by atoms with Crippen LogP contribution in [-0.2, 0) is 22.6 Å². The number of ether oxygens (including phenoxy) is 2. The Morgan fingerprint density at radius 2 is 2.36 bits per heavy atom. The Labute approximate surface area is 153 Å². The second-order valence-electron chi connectivity index (χ2n) is 7.27. The second-order valence-corrected chi connectivity index (χ2v) is 8.05. The van der Waals surface area contributed by atoms with Gasteiger partial charge in [0.25, 0.3) is 0 Å². The number of likely N-dealkylation sites (tertiary alicyclic amines) is 1.